The van der Waals surface area contributed by atoms with Crippen molar-refractivity contribution in [3.05, 3.63) is 24.2 Å². The van der Waals surface area contributed by atoms with Gasteiger partial charge in [0.05, 0.1) is 6.26 Å². The van der Waals surface area contributed by atoms with Gasteiger partial charge in [-0.1, -0.05) is 0 Å². The van der Waals surface area contributed by atoms with Crippen molar-refractivity contribution in [2.45, 2.75) is 12.8 Å². The molecule has 2 N–H and O–H groups in total. The molecule has 18 heavy (non-hydrogen) atoms. The maximum atomic E-state index is 11.7. The first kappa shape index (κ1) is 14.8. The molecule has 1 aliphatic rings. The maximum absolute atomic E-state index is 11.7. The minimum Gasteiger partial charge on any atom is -0.459 e. The van der Waals surface area contributed by atoms with Gasteiger partial charge in [0.25, 0.3) is 0 Å². The summed E-state index contributed by atoms with van der Waals surface area (Å²) in [6.45, 7) is 1.66. The highest BCUT2D eigenvalue weighted by Crippen LogP contribution is 2.00. The van der Waals surface area contributed by atoms with Crippen LogP contribution in [0.3, 0.4) is 0 Å². The van der Waals surface area contributed by atoms with E-state index in [1.54, 1.807) is 24.2 Å². The van der Waals surface area contributed by atoms with Crippen molar-refractivity contribution in [3.63, 3.8) is 0 Å². The maximum Gasteiger partial charge on any atom is 0.305 e. The van der Waals surface area contributed by atoms with Gasteiger partial charge in [-0.2, -0.15) is 0 Å². The Morgan fingerprint density at radius 2 is 2.39 bits per heavy atom. The molecular formula is C11H17IN4O2. The number of aliphatic imine (C=N–C) groups is 1. The molecule has 0 atom stereocenters. The van der Waals surface area contributed by atoms with Crippen LogP contribution in [-0.4, -0.2) is 37.0 Å². The Labute approximate surface area is 123 Å². The molecular weight excluding hydrogens is 347 g/mol. The molecule has 0 saturated carbocycles. The Balaban J connectivity index is 0.00000162. The van der Waals surface area contributed by atoms with Crippen LogP contribution in [0.4, 0.5) is 0 Å². The fraction of sp³-hybridized carbons (Fsp3) is 0.455. The van der Waals surface area contributed by atoms with Crippen molar-refractivity contribution in [2.75, 3.05) is 20.1 Å². The van der Waals surface area contributed by atoms with E-state index in [9.17, 15) is 4.79 Å². The summed E-state index contributed by atoms with van der Waals surface area (Å²) in [5, 5.41) is 4.74. The third-order valence-corrected chi connectivity index (χ3v) is 2.46. The minimum atomic E-state index is -0.286. The van der Waals surface area contributed by atoms with E-state index in [-0.39, 0.29) is 35.6 Å². The zero-order valence-electron chi connectivity index (χ0n) is 10.2. The van der Waals surface area contributed by atoms with Crippen LogP contribution in [0.2, 0.25) is 0 Å². The molecule has 0 saturated heterocycles. The van der Waals surface area contributed by atoms with Gasteiger partial charge in [-0.25, -0.2) is 0 Å². The lowest BCUT2D eigenvalue weighted by Gasteiger charge is -2.21. The Morgan fingerprint density at radius 3 is 3.11 bits per heavy atom. The largest absolute Gasteiger partial charge is 0.459 e. The monoisotopic (exact) mass is 364 g/mol. The van der Waals surface area contributed by atoms with Crippen LogP contribution < -0.4 is 10.7 Å². The van der Waals surface area contributed by atoms with Crippen molar-refractivity contribution >= 4 is 35.8 Å². The zero-order chi connectivity index (χ0) is 12.1. The molecule has 0 unspecified atom stereocenters. The number of amides is 1. The van der Waals surface area contributed by atoms with Crippen molar-refractivity contribution in [2.24, 2.45) is 4.99 Å². The van der Waals surface area contributed by atoms with Gasteiger partial charge in [0.2, 0.25) is 5.96 Å². The SMILES string of the molecule is CN(NC(=O)c1ccco1)C1=NCCCCN1.I. The van der Waals surface area contributed by atoms with E-state index in [2.05, 4.69) is 15.7 Å². The van der Waals surface area contributed by atoms with E-state index in [1.165, 1.54) is 6.26 Å². The van der Waals surface area contributed by atoms with Gasteiger partial charge in [0.1, 0.15) is 0 Å². The number of hydrogen-bond donors (Lipinski definition) is 2. The number of hydrogen-bond acceptors (Lipinski definition) is 5. The van der Waals surface area contributed by atoms with E-state index < -0.39 is 0 Å². The highest BCUT2D eigenvalue weighted by atomic mass is 127. The van der Waals surface area contributed by atoms with Gasteiger partial charge in [0, 0.05) is 20.1 Å². The summed E-state index contributed by atoms with van der Waals surface area (Å²) in [7, 11) is 1.75. The van der Waals surface area contributed by atoms with Crippen LogP contribution in [0.15, 0.2) is 27.8 Å². The van der Waals surface area contributed by atoms with Crippen LogP contribution in [0.5, 0.6) is 0 Å². The summed E-state index contributed by atoms with van der Waals surface area (Å²) in [6, 6.07) is 3.29. The number of carbonyl (C=O) groups is 1. The molecule has 1 aromatic heterocycles. The summed E-state index contributed by atoms with van der Waals surface area (Å²) in [4.78, 5) is 16.1. The summed E-state index contributed by atoms with van der Waals surface area (Å²) in [6.07, 6.45) is 3.62. The van der Waals surface area contributed by atoms with E-state index in [0.29, 0.717) is 5.96 Å². The molecule has 0 spiro atoms. The van der Waals surface area contributed by atoms with Crippen LogP contribution in [0.1, 0.15) is 23.4 Å². The van der Waals surface area contributed by atoms with Crippen LogP contribution in [0, 0.1) is 0 Å². The number of halogens is 1. The second kappa shape index (κ2) is 7.24. The van der Waals surface area contributed by atoms with E-state index in [4.69, 9.17) is 4.42 Å². The topological polar surface area (TPSA) is 69.9 Å². The molecule has 7 heteroatoms. The summed E-state index contributed by atoms with van der Waals surface area (Å²) in [5.41, 5.74) is 2.69. The predicted octanol–water partition coefficient (Wildman–Crippen LogP) is 1.21. The second-order valence-corrected chi connectivity index (χ2v) is 3.82. The Hall–Kier alpha value is -1.25. The molecule has 0 aromatic carbocycles. The molecule has 100 valence electrons. The first-order valence-electron chi connectivity index (χ1n) is 5.64. The molecule has 1 aromatic rings. The van der Waals surface area contributed by atoms with Crippen molar-refractivity contribution in [1.82, 2.24) is 15.8 Å². The van der Waals surface area contributed by atoms with E-state index in [0.717, 1.165) is 25.9 Å². The average Bonchev–Trinajstić information content (AvgIpc) is 2.71. The normalized spacial score (nSPS) is 14.6. The number of nitrogens with zero attached hydrogens (tertiary/aromatic N) is 2. The number of carbonyl (C=O) groups excluding carboxylic acids is 1. The first-order valence-corrected chi connectivity index (χ1v) is 5.64. The van der Waals surface area contributed by atoms with Crippen LogP contribution >= 0.6 is 24.0 Å². The highest BCUT2D eigenvalue weighted by molar-refractivity contribution is 14.0. The third-order valence-electron chi connectivity index (χ3n) is 2.46. The summed E-state index contributed by atoms with van der Waals surface area (Å²) < 4.78 is 5.01. The van der Waals surface area contributed by atoms with Gasteiger partial charge in [-0.3, -0.25) is 20.2 Å². The lowest BCUT2D eigenvalue weighted by atomic mass is 10.3. The summed E-state index contributed by atoms with van der Waals surface area (Å²) in [5.74, 6) is 0.680. The fourth-order valence-corrected chi connectivity index (χ4v) is 1.57. The smallest absolute Gasteiger partial charge is 0.305 e. The number of rotatable bonds is 1. The summed E-state index contributed by atoms with van der Waals surface area (Å²) >= 11 is 0. The fourth-order valence-electron chi connectivity index (χ4n) is 1.57. The standard InChI is InChI=1S/C11H16N4O2.HI/c1-15(11-12-6-2-3-7-13-11)14-10(16)9-5-4-8-17-9;/h4-5,8H,2-3,6-7H2,1H3,(H,12,13)(H,14,16);1H. The van der Waals surface area contributed by atoms with Crippen molar-refractivity contribution < 1.29 is 9.21 Å². The average molecular weight is 364 g/mol. The molecule has 0 aliphatic carbocycles. The van der Waals surface area contributed by atoms with Gasteiger partial charge >= 0.3 is 5.91 Å². The lowest BCUT2D eigenvalue weighted by molar-refractivity contribution is 0.0855. The number of hydrazine groups is 1. The lowest BCUT2D eigenvalue weighted by Crippen LogP contribution is -2.49. The van der Waals surface area contributed by atoms with Crippen LogP contribution in [-0.2, 0) is 0 Å². The van der Waals surface area contributed by atoms with Crippen molar-refractivity contribution in [1.29, 1.82) is 0 Å². The molecule has 1 amide bonds. The molecule has 1 aliphatic heterocycles. The quantitative estimate of drug-likeness (QED) is 0.581. The van der Waals surface area contributed by atoms with E-state index >= 15 is 0 Å². The first-order chi connectivity index (χ1) is 8.27. The number of guanidine groups is 1. The second-order valence-electron chi connectivity index (χ2n) is 3.82. The van der Waals surface area contributed by atoms with Gasteiger partial charge in [0.15, 0.2) is 5.76 Å². The van der Waals surface area contributed by atoms with E-state index in [1.807, 2.05) is 0 Å². The molecule has 2 rings (SSSR count). The third kappa shape index (κ3) is 3.90. The molecule has 0 radical (unpaired) electrons. The molecule has 0 bridgehead atoms. The molecule has 0 fully saturated rings. The van der Waals surface area contributed by atoms with Gasteiger partial charge < -0.3 is 9.73 Å². The zero-order valence-corrected chi connectivity index (χ0v) is 12.5. The van der Waals surface area contributed by atoms with Gasteiger partial charge in [-0.05, 0) is 25.0 Å². The molecule has 6 nitrogen and oxygen atoms in total. The number of furan rings is 1. The molecule has 2 heterocycles. The Bertz CT molecular complexity index is 405. The van der Waals surface area contributed by atoms with Gasteiger partial charge in [-0.15, -0.1) is 24.0 Å². The minimum absolute atomic E-state index is 0. The Kier molecular flexibility index (Phi) is 5.96. The predicted molar refractivity (Wildman–Crippen MR) is 78.9 cm³/mol. The van der Waals surface area contributed by atoms with Crippen molar-refractivity contribution in [3.8, 4) is 0 Å². The Morgan fingerprint density at radius 1 is 1.56 bits per heavy atom. The number of nitrogens with one attached hydrogen (secondary N) is 2. The highest BCUT2D eigenvalue weighted by Gasteiger charge is 2.14. The van der Waals surface area contributed by atoms with Crippen LogP contribution in [0.25, 0.3) is 0 Å².